The zero-order valence-corrected chi connectivity index (χ0v) is 16.2. The predicted octanol–water partition coefficient (Wildman–Crippen LogP) is 2.25. The standard InChI is InChI=1S/C21H22FN3O4/c1-2-29-21(28)14-10-25(11-5-6-11)17-12(19(14)26)8-15(22)18-13(17)9-23-20(27)16-4-3-7-24(16)18/h8,10-11,16H,2-7,9H2,1H3,(H,23,27). The molecular weight excluding hydrogens is 377 g/mol. The smallest absolute Gasteiger partial charge is 0.343 e. The van der Waals surface area contributed by atoms with Gasteiger partial charge in [0.05, 0.1) is 17.8 Å². The first-order valence-corrected chi connectivity index (χ1v) is 10.1. The normalized spacial score (nSPS) is 20.8. The molecule has 7 nitrogen and oxygen atoms in total. The van der Waals surface area contributed by atoms with Gasteiger partial charge in [-0.3, -0.25) is 9.59 Å². The number of carbonyl (C=O) groups is 2. The first kappa shape index (κ1) is 18.1. The van der Waals surface area contributed by atoms with E-state index in [0.29, 0.717) is 29.7 Å². The molecule has 0 spiro atoms. The number of pyridine rings is 1. The van der Waals surface area contributed by atoms with E-state index in [2.05, 4.69) is 5.32 Å². The molecule has 8 heteroatoms. The summed E-state index contributed by atoms with van der Waals surface area (Å²) < 4.78 is 22.3. The molecule has 1 aromatic carbocycles. The van der Waals surface area contributed by atoms with Crippen LogP contribution in [0.15, 0.2) is 17.1 Å². The second kappa shape index (κ2) is 6.57. The Labute approximate surface area is 166 Å². The van der Waals surface area contributed by atoms with E-state index in [4.69, 9.17) is 4.74 Å². The summed E-state index contributed by atoms with van der Waals surface area (Å²) in [5, 5.41) is 3.06. The molecule has 1 unspecified atom stereocenters. The number of fused-ring (bicyclic) bond motifs is 5. The van der Waals surface area contributed by atoms with Gasteiger partial charge in [0.1, 0.15) is 17.4 Å². The van der Waals surface area contributed by atoms with Crippen molar-refractivity contribution in [2.75, 3.05) is 18.1 Å². The molecule has 1 aliphatic carbocycles. The lowest BCUT2D eigenvalue weighted by Crippen LogP contribution is -2.40. The van der Waals surface area contributed by atoms with E-state index in [1.165, 1.54) is 6.07 Å². The molecule has 3 aliphatic rings. The van der Waals surface area contributed by atoms with Gasteiger partial charge in [-0.1, -0.05) is 0 Å². The molecule has 1 atom stereocenters. The number of aromatic nitrogens is 1. The zero-order chi connectivity index (χ0) is 20.3. The maximum atomic E-state index is 15.3. The van der Waals surface area contributed by atoms with Gasteiger partial charge in [0, 0.05) is 36.3 Å². The van der Waals surface area contributed by atoms with E-state index in [9.17, 15) is 14.4 Å². The van der Waals surface area contributed by atoms with E-state index in [0.717, 1.165) is 19.3 Å². The van der Waals surface area contributed by atoms with E-state index in [1.807, 2.05) is 9.47 Å². The summed E-state index contributed by atoms with van der Waals surface area (Å²) >= 11 is 0. The number of ether oxygens (including phenoxy) is 1. The van der Waals surface area contributed by atoms with Crippen LogP contribution in [-0.4, -0.2) is 35.6 Å². The molecule has 2 fully saturated rings. The van der Waals surface area contributed by atoms with Crippen LogP contribution in [0.1, 0.15) is 54.6 Å². The Balaban J connectivity index is 1.82. The van der Waals surface area contributed by atoms with Crippen molar-refractivity contribution >= 4 is 28.5 Å². The van der Waals surface area contributed by atoms with Crippen molar-refractivity contribution in [2.45, 2.75) is 51.2 Å². The van der Waals surface area contributed by atoms with Gasteiger partial charge in [-0.2, -0.15) is 0 Å². The topological polar surface area (TPSA) is 80.6 Å². The lowest BCUT2D eigenvalue weighted by atomic mass is 10.0. The molecule has 2 aliphatic heterocycles. The highest BCUT2D eigenvalue weighted by Gasteiger charge is 2.38. The summed E-state index contributed by atoms with van der Waals surface area (Å²) in [6, 6.07) is 0.987. The Morgan fingerprint density at radius 2 is 2.10 bits per heavy atom. The number of hydrogen-bond donors (Lipinski definition) is 1. The molecule has 1 saturated carbocycles. The van der Waals surface area contributed by atoms with Crippen LogP contribution in [0.2, 0.25) is 0 Å². The third-order valence-corrected chi connectivity index (χ3v) is 6.06. The lowest BCUT2D eigenvalue weighted by Gasteiger charge is -2.26. The minimum absolute atomic E-state index is 0.0812. The summed E-state index contributed by atoms with van der Waals surface area (Å²) in [6.45, 7) is 2.58. The third kappa shape index (κ3) is 2.73. The molecule has 3 heterocycles. The Hall–Kier alpha value is -2.90. The van der Waals surface area contributed by atoms with Crippen molar-refractivity contribution in [2.24, 2.45) is 0 Å². The molecule has 0 bridgehead atoms. The summed E-state index contributed by atoms with van der Waals surface area (Å²) in [5.41, 5.74) is 0.996. The zero-order valence-electron chi connectivity index (χ0n) is 16.2. The van der Waals surface area contributed by atoms with Gasteiger partial charge in [-0.05, 0) is 38.7 Å². The van der Waals surface area contributed by atoms with Gasteiger partial charge in [-0.15, -0.1) is 0 Å². The SMILES string of the molecule is CCOC(=O)c1cn(C2CC2)c2c3c(c(F)cc2c1=O)N1CCCC1C(=O)NC3. The summed E-state index contributed by atoms with van der Waals surface area (Å²) in [7, 11) is 0. The molecule has 1 amide bonds. The highest BCUT2D eigenvalue weighted by atomic mass is 19.1. The number of esters is 1. The number of rotatable bonds is 3. The Bertz CT molecular complexity index is 1110. The van der Waals surface area contributed by atoms with Crippen LogP contribution < -0.4 is 15.6 Å². The van der Waals surface area contributed by atoms with E-state index in [1.54, 1.807) is 13.1 Å². The van der Waals surface area contributed by atoms with Crippen LogP contribution in [0.5, 0.6) is 0 Å². The minimum Gasteiger partial charge on any atom is -0.462 e. The number of hydrogen-bond acceptors (Lipinski definition) is 5. The predicted molar refractivity (Wildman–Crippen MR) is 105 cm³/mol. The van der Waals surface area contributed by atoms with Gasteiger partial charge < -0.3 is 19.5 Å². The number of benzene rings is 1. The van der Waals surface area contributed by atoms with Gasteiger partial charge in [-0.25, -0.2) is 9.18 Å². The molecule has 1 N–H and O–H groups in total. The number of amides is 1. The number of nitrogens with one attached hydrogen (secondary N) is 1. The van der Waals surface area contributed by atoms with Crippen molar-refractivity contribution in [3.8, 4) is 0 Å². The summed E-state index contributed by atoms with van der Waals surface area (Å²) in [4.78, 5) is 39.8. The van der Waals surface area contributed by atoms with Crippen LogP contribution in [0.3, 0.4) is 0 Å². The van der Waals surface area contributed by atoms with Crippen LogP contribution in [0.4, 0.5) is 10.1 Å². The summed E-state index contributed by atoms with van der Waals surface area (Å²) in [6.07, 6.45) is 4.88. The summed E-state index contributed by atoms with van der Waals surface area (Å²) in [5.74, 6) is -1.34. The third-order valence-electron chi connectivity index (χ3n) is 6.06. The number of anilines is 1. The molecule has 29 heavy (non-hydrogen) atoms. The fourth-order valence-electron chi connectivity index (χ4n) is 4.63. The van der Waals surface area contributed by atoms with Crippen LogP contribution in [-0.2, 0) is 16.1 Å². The Morgan fingerprint density at radius 1 is 1.31 bits per heavy atom. The van der Waals surface area contributed by atoms with Crippen molar-refractivity contribution in [1.29, 1.82) is 0 Å². The second-order valence-electron chi connectivity index (χ2n) is 7.88. The monoisotopic (exact) mass is 399 g/mol. The Kier molecular flexibility index (Phi) is 4.11. The number of nitrogens with zero attached hydrogens (tertiary/aromatic N) is 2. The number of halogens is 1. The van der Waals surface area contributed by atoms with Gasteiger partial charge in [0.2, 0.25) is 11.3 Å². The molecule has 1 aromatic heterocycles. The second-order valence-corrected chi connectivity index (χ2v) is 7.88. The van der Waals surface area contributed by atoms with Crippen molar-refractivity contribution < 1.29 is 18.7 Å². The number of carbonyl (C=O) groups excluding carboxylic acids is 2. The fourth-order valence-corrected chi connectivity index (χ4v) is 4.63. The van der Waals surface area contributed by atoms with Crippen LogP contribution >= 0.6 is 0 Å². The maximum Gasteiger partial charge on any atom is 0.343 e. The van der Waals surface area contributed by atoms with Gasteiger partial charge in [0.25, 0.3) is 0 Å². The van der Waals surface area contributed by atoms with Crippen molar-refractivity contribution in [1.82, 2.24) is 9.88 Å². The fraction of sp³-hybridized carbons (Fsp3) is 0.476. The highest BCUT2D eigenvalue weighted by molar-refractivity contribution is 5.98. The van der Waals surface area contributed by atoms with Crippen molar-refractivity contribution in [3.63, 3.8) is 0 Å². The lowest BCUT2D eigenvalue weighted by molar-refractivity contribution is -0.122. The Morgan fingerprint density at radius 3 is 2.83 bits per heavy atom. The highest BCUT2D eigenvalue weighted by Crippen LogP contribution is 2.42. The molecule has 1 saturated heterocycles. The average Bonchev–Trinajstić information content (AvgIpc) is 3.45. The van der Waals surface area contributed by atoms with Crippen LogP contribution in [0, 0.1) is 5.82 Å². The van der Waals surface area contributed by atoms with Gasteiger partial charge in [0.15, 0.2) is 0 Å². The van der Waals surface area contributed by atoms with Gasteiger partial charge >= 0.3 is 5.97 Å². The largest absolute Gasteiger partial charge is 0.462 e. The minimum atomic E-state index is -0.697. The first-order valence-electron chi connectivity index (χ1n) is 10.1. The molecule has 5 rings (SSSR count). The van der Waals surface area contributed by atoms with Crippen LogP contribution in [0.25, 0.3) is 10.9 Å². The van der Waals surface area contributed by atoms with E-state index in [-0.39, 0.29) is 42.1 Å². The molecular formula is C21H22FN3O4. The van der Waals surface area contributed by atoms with Crippen molar-refractivity contribution in [3.05, 3.63) is 39.4 Å². The molecule has 2 aromatic rings. The molecule has 0 radical (unpaired) electrons. The average molecular weight is 399 g/mol. The van der Waals surface area contributed by atoms with E-state index >= 15 is 4.39 Å². The quantitative estimate of drug-likeness (QED) is 0.801. The maximum absolute atomic E-state index is 15.3. The van der Waals surface area contributed by atoms with E-state index < -0.39 is 17.2 Å². The first-order chi connectivity index (χ1) is 14.0. The molecule has 152 valence electrons.